The van der Waals surface area contributed by atoms with E-state index in [4.69, 9.17) is 9.15 Å². The van der Waals surface area contributed by atoms with Crippen LogP contribution in [0.3, 0.4) is 0 Å². The molecule has 11 heteroatoms. The summed E-state index contributed by atoms with van der Waals surface area (Å²) in [5, 5.41) is 12.1. The van der Waals surface area contributed by atoms with Crippen LogP contribution in [-0.4, -0.2) is 51.4 Å². The molecule has 2 aromatic carbocycles. The summed E-state index contributed by atoms with van der Waals surface area (Å²) in [6, 6.07) is 8.07. The Bertz CT molecular complexity index is 1310. The molecule has 3 aromatic rings. The van der Waals surface area contributed by atoms with Gasteiger partial charge in [-0.15, -0.1) is 0 Å². The van der Waals surface area contributed by atoms with Gasteiger partial charge >= 0.3 is 5.97 Å². The second-order valence-electron chi connectivity index (χ2n) is 7.54. The Hall–Kier alpha value is -3.60. The highest BCUT2D eigenvalue weighted by Crippen LogP contribution is 2.41. The Labute approximate surface area is 189 Å². The van der Waals surface area contributed by atoms with Crippen molar-refractivity contribution in [3.63, 3.8) is 0 Å². The van der Waals surface area contributed by atoms with E-state index in [9.17, 15) is 27.5 Å². The lowest BCUT2D eigenvalue weighted by Crippen LogP contribution is -2.35. The summed E-state index contributed by atoms with van der Waals surface area (Å²) < 4.78 is 50.6. The zero-order valence-corrected chi connectivity index (χ0v) is 19.2. The maximum Gasteiger partial charge on any atom is 0.324 e. The molecule has 0 aliphatic heterocycles. The van der Waals surface area contributed by atoms with Crippen molar-refractivity contribution in [2.45, 2.75) is 20.0 Å². The molecule has 0 aliphatic carbocycles. The van der Waals surface area contributed by atoms with Crippen molar-refractivity contribution in [2.24, 2.45) is 0 Å². The number of ether oxygens (including phenoxy) is 1. The first-order valence-corrected chi connectivity index (χ1v) is 11.7. The number of halogens is 1. The average Bonchev–Trinajstić information content (AvgIpc) is 3.08. The number of carbonyl (C=O) groups excluding carboxylic acids is 1. The van der Waals surface area contributed by atoms with Crippen LogP contribution in [0.4, 0.5) is 10.1 Å². The molecule has 9 nitrogen and oxygen atoms in total. The normalized spacial score (nSPS) is 11.6. The number of fused-ring (bicyclic) bond motifs is 1. The van der Waals surface area contributed by atoms with Crippen LogP contribution in [0.15, 0.2) is 40.8 Å². The number of hydrogen-bond donors (Lipinski definition) is 2. The van der Waals surface area contributed by atoms with Crippen LogP contribution >= 0.6 is 0 Å². The standard InChI is InChI=1S/C22H23FN2O7S/c1-12(2)31-18-9-15-17(10-16(18)25(11-19(26)27)33(4,29)30)32-21(20(15)22(28)24-3)13-5-7-14(23)8-6-13/h5-10,12H,11H2,1-4H3,(H,24,28)(H,26,27). The maximum atomic E-state index is 13.4. The van der Waals surface area contributed by atoms with Crippen LogP contribution in [0, 0.1) is 5.82 Å². The summed E-state index contributed by atoms with van der Waals surface area (Å²) in [5.74, 6) is -2.12. The van der Waals surface area contributed by atoms with Gasteiger partial charge in [-0.25, -0.2) is 12.8 Å². The third-order valence-electron chi connectivity index (χ3n) is 4.64. The molecule has 0 atom stereocenters. The fourth-order valence-corrected chi connectivity index (χ4v) is 4.16. The molecule has 0 fully saturated rings. The number of nitrogens with zero attached hydrogens (tertiary/aromatic N) is 1. The molecular formula is C22H23FN2O7S. The Morgan fingerprint density at radius 2 is 1.85 bits per heavy atom. The zero-order chi connectivity index (χ0) is 24.5. The van der Waals surface area contributed by atoms with Gasteiger partial charge in [-0.05, 0) is 44.2 Å². The van der Waals surface area contributed by atoms with Crippen LogP contribution in [0.1, 0.15) is 24.2 Å². The number of amides is 1. The number of carbonyl (C=O) groups is 2. The second-order valence-corrected chi connectivity index (χ2v) is 9.45. The molecule has 33 heavy (non-hydrogen) atoms. The number of carboxylic acids is 1. The number of aliphatic carboxylic acids is 1. The summed E-state index contributed by atoms with van der Waals surface area (Å²) in [6.45, 7) is 2.59. The van der Waals surface area contributed by atoms with Gasteiger partial charge in [0.1, 0.15) is 29.5 Å². The molecule has 1 aromatic heterocycles. The largest absolute Gasteiger partial charge is 0.489 e. The summed E-state index contributed by atoms with van der Waals surface area (Å²) in [7, 11) is -2.57. The molecule has 2 N–H and O–H groups in total. The molecule has 0 saturated heterocycles. The summed E-state index contributed by atoms with van der Waals surface area (Å²) >= 11 is 0. The summed E-state index contributed by atoms with van der Waals surface area (Å²) in [5.41, 5.74) is 0.634. The van der Waals surface area contributed by atoms with Gasteiger partial charge in [0.25, 0.3) is 5.91 Å². The number of sulfonamides is 1. The van der Waals surface area contributed by atoms with Crippen LogP contribution < -0.4 is 14.4 Å². The number of rotatable bonds is 8. The first kappa shape index (κ1) is 24.1. The molecule has 0 radical (unpaired) electrons. The first-order valence-electron chi connectivity index (χ1n) is 9.87. The van der Waals surface area contributed by atoms with Crippen LogP contribution in [0.5, 0.6) is 5.75 Å². The van der Waals surface area contributed by atoms with E-state index in [1.165, 1.54) is 43.4 Å². The van der Waals surface area contributed by atoms with Gasteiger partial charge in [0.15, 0.2) is 0 Å². The van der Waals surface area contributed by atoms with Gasteiger partial charge in [-0.2, -0.15) is 0 Å². The van der Waals surface area contributed by atoms with E-state index >= 15 is 0 Å². The van der Waals surface area contributed by atoms with Gasteiger partial charge in [0, 0.05) is 24.1 Å². The number of hydrogen-bond acceptors (Lipinski definition) is 6. The molecule has 0 unspecified atom stereocenters. The van der Waals surface area contributed by atoms with Gasteiger partial charge in [-0.1, -0.05) is 0 Å². The summed E-state index contributed by atoms with van der Waals surface area (Å²) in [6.07, 6.45) is 0.487. The van der Waals surface area contributed by atoms with Gasteiger partial charge < -0.3 is 19.6 Å². The molecule has 176 valence electrons. The SMILES string of the molecule is CNC(=O)c1c(-c2ccc(F)cc2)oc2cc(N(CC(=O)O)S(C)(=O)=O)c(OC(C)C)cc12. The smallest absolute Gasteiger partial charge is 0.324 e. The van der Waals surface area contributed by atoms with Crippen molar-refractivity contribution in [1.82, 2.24) is 5.32 Å². The quantitative estimate of drug-likeness (QED) is 0.509. The van der Waals surface area contributed by atoms with Crippen LogP contribution in [0.25, 0.3) is 22.3 Å². The lowest BCUT2D eigenvalue weighted by Gasteiger charge is -2.24. The van der Waals surface area contributed by atoms with Crippen molar-refractivity contribution in [3.05, 3.63) is 47.8 Å². The Kier molecular flexibility index (Phi) is 6.63. The lowest BCUT2D eigenvalue weighted by atomic mass is 10.0. The van der Waals surface area contributed by atoms with Gasteiger partial charge in [-0.3, -0.25) is 13.9 Å². The molecule has 0 spiro atoms. The van der Waals surface area contributed by atoms with E-state index in [2.05, 4.69) is 5.32 Å². The van der Waals surface area contributed by atoms with E-state index in [1.807, 2.05) is 0 Å². The molecule has 0 aliphatic rings. The predicted octanol–water partition coefficient (Wildman–Crippen LogP) is 3.24. The number of anilines is 1. The maximum absolute atomic E-state index is 13.4. The predicted molar refractivity (Wildman–Crippen MR) is 121 cm³/mol. The fourth-order valence-electron chi connectivity index (χ4n) is 3.31. The van der Waals surface area contributed by atoms with E-state index in [0.717, 1.165) is 6.26 Å². The fraction of sp³-hybridized carbons (Fsp3) is 0.273. The van der Waals surface area contributed by atoms with Gasteiger partial charge in [0.05, 0.1) is 23.6 Å². The third-order valence-corrected chi connectivity index (χ3v) is 5.77. The minimum absolute atomic E-state index is 0.0519. The number of benzene rings is 2. The van der Waals surface area contributed by atoms with Crippen LogP contribution in [-0.2, 0) is 14.8 Å². The molecule has 0 bridgehead atoms. The third kappa shape index (κ3) is 5.08. The first-order chi connectivity index (χ1) is 15.4. The molecule has 1 heterocycles. The number of furan rings is 1. The van der Waals surface area contributed by atoms with E-state index in [1.54, 1.807) is 13.8 Å². The van der Waals surface area contributed by atoms with Crippen LogP contribution in [0.2, 0.25) is 0 Å². The highest BCUT2D eigenvalue weighted by Gasteiger charge is 2.29. The topological polar surface area (TPSA) is 126 Å². The molecule has 3 rings (SSSR count). The average molecular weight is 478 g/mol. The highest BCUT2D eigenvalue weighted by atomic mass is 32.2. The highest BCUT2D eigenvalue weighted by molar-refractivity contribution is 7.92. The second kappa shape index (κ2) is 9.10. The summed E-state index contributed by atoms with van der Waals surface area (Å²) in [4.78, 5) is 24.1. The minimum Gasteiger partial charge on any atom is -0.489 e. The molecular weight excluding hydrogens is 455 g/mol. The Morgan fingerprint density at radius 3 is 2.36 bits per heavy atom. The molecule has 0 saturated carbocycles. The van der Waals surface area contributed by atoms with Gasteiger partial charge in [0.2, 0.25) is 10.0 Å². The van der Waals surface area contributed by atoms with Crippen molar-refractivity contribution in [1.29, 1.82) is 0 Å². The van der Waals surface area contributed by atoms with Crippen molar-refractivity contribution < 1.29 is 36.7 Å². The van der Waals surface area contributed by atoms with E-state index in [0.29, 0.717) is 15.3 Å². The Balaban J connectivity index is 2.37. The minimum atomic E-state index is -4.01. The Morgan fingerprint density at radius 1 is 1.21 bits per heavy atom. The number of carboxylic acid groups (broad SMARTS) is 1. The molecule has 1 amide bonds. The van der Waals surface area contributed by atoms with E-state index < -0.39 is 34.3 Å². The van der Waals surface area contributed by atoms with Crippen molar-refractivity contribution in [2.75, 3.05) is 24.2 Å². The lowest BCUT2D eigenvalue weighted by molar-refractivity contribution is -0.135. The zero-order valence-electron chi connectivity index (χ0n) is 18.4. The van der Waals surface area contributed by atoms with Crippen molar-refractivity contribution >= 4 is 38.6 Å². The number of nitrogens with one attached hydrogen (secondary N) is 1. The van der Waals surface area contributed by atoms with Crippen molar-refractivity contribution in [3.8, 4) is 17.1 Å². The van der Waals surface area contributed by atoms with E-state index in [-0.39, 0.29) is 34.4 Å². The monoisotopic (exact) mass is 478 g/mol.